The minimum Gasteiger partial charge on any atom is -0.486 e. The predicted octanol–water partition coefficient (Wildman–Crippen LogP) is 2.78. The van der Waals surface area contributed by atoms with E-state index in [4.69, 9.17) is 9.47 Å². The first kappa shape index (κ1) is 17.5. The van der Waals surface area contributed by atoms with Crippen molar-refractivity contribution in [2.75, 3.05) is 26.3 Å². The van der Waals surface area contributed by atoms with Gasteiger partial charge < -0.3 is 18.9 Å². The van der Waals surface area contributed by atoms with E-state index in [1.165, 1.54) is 5.56 Å². The number of amides is 1. The van der Waals surface area contributed by atoms with Gasteiger partial charge in [-0.3, -0.25) is 4.79 Å². The number of benzene rings is 2. The Balaban J connectivity index is 1.56. The molecule has 2 aromatic carbocycles. The SMILES string of the molecule is Cc1ccc(OCc2nc3ccccc3n2CC(=O)N2CCOCC2)cc1. The molecule has 0 spiro atoms. The molecule has 0 N–H and O–H groups in total. The van der Waals surface area contributed by atoms with Gasteiger partial charge in [0.15, 0.2) is 0 Å². The van der Waals surface area contributed by atoms with E-state index in [0.717, 1.165) is 22.6 Å². The third kappa shape index (κ3) is 3.95. The standard InChI is InChI=1S/C21H23N3O3/c1-16-6-8-17(9-7-16)27-15-20-22-18-4-2-3-5-19(18)24(20)14-21(25)23-10-12-26-13-11-23/h2-9H,10-15H2,1H3. The molecular weight excluding hydrogens is 342 g/mol. The average molecular weight is 365 g/mol. The molecule has 6 nitrogen and oxygen atoms in total. The maximum atomic E-state index is 12.8. The van der Waals surface area contributed by atoms with Crippen LogP contribution in [0.2, 0.25) is 0 Å². The fourth-order valence-electron chi connectivity index (χ4n) is 3.24. The van der Waals surface area contributed by atoms with E-state index in [9.17, 15) is 4.79 Å². The van der Waals surface area contributed by atoms with E-state index in [0.29, 0.717) is 32.9 Å². The van der Waals surface area contributed by atoms with Crippen LogP contribution in [0.4, 0.5) is 0 Å². The first-order valence-corrected chi connectivity index (χ1v) is 9.20. The van der Waals surface area contributed by atoms with Gasteiger partial charge in [-0.1, -0.05) is 29.8 Å². The number of carbonyl (C=O) groups excluding carboxylic acids is 1. The summed E-state index contributed by atoms with van der Waals surface area (Å²) in [4.78, 5) is 19.3. The third-order valence-electron chi connectivity index (χ3n) is 4.78. The van der Waals surface area contributed by atoms with Crippen LogP contribution in [0.1, 0.15) is 11.4 Å². The molecule has 27 heavy (non-hydrogen) atoms. The van der Waals surface area contributed by atoms with Crippen LogP contribution in [0, 0.1) is 6.92 Å². The van der Waals surface area contributed by atoms with Gasteiger partial charge in [-0.2, -0.15) is 0 Å². The quantitative estimate of drug-likeness (QED) is 0.698. The number of nitrogens with zero attached hydrogens (tertiary/aromatic N) is 3. The molecule has 0 radical (unpaired) electrons. The third-order valence-corrected chi connectivity index (χ3v) is 4.78. The van der Waals surface area contributed by atoms with Crippen molar-refractivity contribution in [3.8, 4) is 5.75 Å². The number of ether oxygens (including phenoxy) is 2. The molecule has 0 atom stereocenters. The molecule has 1 aliphatic heterocycles. The zero-order chi connectivity index (χ0) is 18.6. The number of aromatic nitrogens is 2. The van der Waals surface area contributed by atoms with E-state index in [1.54, 1.807) is 0 Å². The molecule has 0 aliphatic carbocycles. The zero-order valence-corrected chi connectivity index (χ0v) is 15.4. The van der Waals surface area contributed by atoms with Crippen molar-refractivity contribution in [2.24, 2.45) is 0 Å². The number of carbonyl (C=O) groups is 1. The van der Waals surface area contributed by atoms with Crippen LogP contribution in [0.3, 0.4) is 0 Å². The van der Waals surface area contributed by atoms with Gasteiger partial charge in [-0.25, -0.2) is 4.98 Å². The number of hydrogen-bond acceptors (Lipinski definition) is 4. The fraction of sp³-hybridized carbons (Fsp3) is 0.333. The Bertz CT molecular complexity index is 927. The lowest BCUT2D eigenvalue weighted by Crippen LogP contribution is -2.42. The van der Waals surface area contributed by atoms with Crippen molar-refractivity contribution in [3.63, 3.8) is 0 Å². The molecule has 140 valence electrons. The lowest BCUT2D eigenvalue weighted by molar-refractivity contribution is -0.135. The second-order valence-corrected chi connectivity index (χ2v) is 6.70. The lowest BCUT2D eigenvalue weighted by Gasteiger charge is -2.27. The number of hydrogen-bond donors (Lipinski definition) is 0. The molecule has 1 fully saturated rings. The van der Waals surface area contributed by atoms with Gasteiger partial charge in [0.05, 0.1) is 24.2 Å². The van der Waals surface area contributed by atoms with E-state index in [1.807, 2.05) is 64.9 Å². The zero-order valence-electron chi connectivity index (χ0n) is 15.4. The summed E-state index contributed by atoms with van der Waals surface area (Å²) in [6.07, 6.45) is 0. The Labute approximate surface area is 158 Å². The Hall–Kier alpha value is -2.86. The van der Waals surface area contributed by atoms with Gasteiger partial charge in [0.1, 0.15) is 24.7 Å². The molecule has 3 aromatic rings. The largest absolute Gasteiger partial charge is 0.486 e. The van der Waals surface area contributed by atoms with Gasteiger partial charge in [0, 0.05) is 13.1 Å². The van der Waals surface area contributed by atoms with E-state index < -0.39 is 0 Å². The van der Waals surface area contributed by atoms with Crippen LogP contribution in [0.15, 0.2) is 48.5 Å². The number of para-hydroxylation sites is 2. The molecule has 1 aromatic heterocycles. The molecule has 0 unspecified atom stereocenters. The minimum absolute atomic E-state index is 0.0815. The molecular formula is C21H23N3O3. The summed E-state index contributed by atoms with van der Waals surface area (Å²) in [5.74, 6) is 1.62. The highest BCUT2D eigenvalue weighted by molar-refractivity contribution is 5.81. The highest BCUT2D eigenvalue weighted by Crippen LogP contribution is 2.19. The lowest BCUT2D eigenvalue weighted by atomic mass is 10.2. The molecule has 1 amide bonds. The highest BCUT2D eigenvalue weighted by Gasteiger charge is 2.20. The smallest absolute Gasteiger partial charge is 0.242 e. The molecule has 0 saturated carbocycles. The van der Waals surface area contributed by atoms with Gasteiger partial charge in [0.2, 0.25) is 5.91 Å². The molecule has 2 heterocycles. The van der Waals surface area contributed by atoms with Crippen LogP contribution in [-0.2, 0) is 22.7 Å². The summed E-state index contributed by atoms with van der Waals surface area (Å²) in [7, 11) is 0. The van der Waals surface area contributed by atoms with Crippen LogP contribution in [0.25, 0.3) is 11.0 Å². The molecule has 4 rings (SSSR count). The van der Waals surface area contributed by atoms with Crippen LogP contribution in [-0.4, -0.2) is 46.7 Å². The first-order valence-electron chi connectivity index (χ1n) is 9.20. The maximum absolute atomic E-state index is 12.8. The Morgan fingerprint density at radius 1 is 1.11 bits per heavy atom. The molecule has 6 heteroatoms. The van der Waals surface area contributed by atoms with Gasteiger partial charge in [-0.05, 0) is 31.2 Å². The number of imidazole rings is 1. The Morgan fingerprint density at radius 2 is 1.85 bits per heavy atom. The van der Waals surface area contributed by atoms with Crippen LogP contribution in [0.5, 0.6) is 5.75 Å². The second kappa shape index (κ2) is 7.80. The number of morpholine rings is 1. The van der Waals surface area contributed by atoms with Crippen molar-refractivity contribution in [3.05, 3.63) is 59.9 Å². The summed E-state index contributed by atoms with van der Waals surface area (Å²) in [6, 6.07) is 15.8. The number of rotatable bonds is 5. The van der Waals surface area contributed by atoms with Crippen molar-refractivity contribution in [1.82, 2.24) is 14.5 Å². The van der Waals surface area contributed by atoms with Gasteiger partial charge in [-0.15, -0.1) is 0 Å². The van der Waals surface area contributed by atoms with E-state index >= 15 is 0 Å². The molecule has 0 bridgehead atoms. The van der Waals surface area contributed by atoms with Crippen molar-refractivity contribution in [1.29, 1.82) is 0 Å². The highest BCUT2D eigenvalue weighted by atomic mass is 16.5. The Kier molecular flexibility index (Phi) is 5.07. The molecule has 1 saturated heterocycles. The first-order chi connectivity index (χ1) is 13.2. The van der Waals surface area contributed by atoms with Gasteiger partial charge >= 0.3 is 0 Å². The summed E-state index contributed by atoms with van der Waals surface area (Å²) in [6.45, 7) is 5.09. The van der Waals surface area contributed by atoms with Crippen LogP contribution < -0.4 is 4.74 Å². The number of fused-ring (bicyclic) bond motifs is 1. The fourth-order valence-corrected chi connectivity index (χ4v) is 3.24. The number of aryl methyl sites for hydroxylation is 1. The van der Waals surface area contributed by atoms with E-state index in [2.05, 4.69) is 4.98 Å². The summed E-state index contributed by atoms with van der Waals surface area (Å²) in [5, 5.41) is 0. The van der Waals surface area contributed by atoms with Crippen molar-refractivity contribution in [2.45, 2.75) is 20.1 Å². The van der Waals surface area contributed by atoms with Crippen LogP contribution >= 0.6 is 0 Å². The second-order valence-electron chi connectivity index (χ2n) is 6.70. The minimum atomic E-state index is 0.0815. The Morgan fingerprint density at radius 3 is 2.63 bits per heavy atom. The van der Waals surface area contributed by atoms with E-state index in [-0.39, 0.29) is 12.5 Å². The summed E-state index contributed by atoms with van der Waals surface area (Å²) in [5.41, 5.74) is 3.00. The van der Waals surface area contributed by atoms with Crippen molar-refractivity contribution < 1.29 is 14.3 Å². The monoisotopic (exact) mass is 365 g/mol. The predicted molar refractivity (Wildman–Crippen MR) is 103 cm³/mol. The summed E-state index contributed by atoms with van der Waals surface area (Å²) >= 11 is 0. The maximum Gasteiger partial charge on any atom is 0.242 e. The topological polar surface area (TPSA) is 56.6 Å². The molecule has 1 aliphatic rings. The normalized spacial score (nSPS) is 14.5. The average Bonchev–Trinajstić information content (AvgIpc) is 3.06. The van der Waals surface area contributed by atoms with Crippen molar-refractivity contribution >= 4 is 16.9 Å². The summed E-state index contributed by atoms with van der Waals surface area (Å²) < 4.78 is 13.2. The van der Waals surface area contributed by atoms with Gasteiger partial charge in [0.25, 0.3) is 0 Å².